The molecule has 3 nitrogen and oxygen atoms in total. The molecular weight excluding hydrogens is 226 g/mol. The molecule has 0 aliphatic heterocycles. The predicted octanol–water partition coefficient (Wildman–Crippen LogP) is 3.68. The molecule has 0 unspecified atom stereocenters. The molecular formula is C15H17NO2. The van der Waals surface area contributed by atoms with E-state index in [0.29, 0.717) is 0 Å². The van der Waals surface area contributed by atoms with Gasteiger partial charge in [0.15, 0.2) is 0 Å². The number of rotatable bonds is 5. The summed E-state index contributed by atoms with van der Waals surface area (Å²) >= 11 is 0. The van der Waals surface area contributed by atoms with Gasteiger partial charge < -0.3 is 4.74 Å². The summed E-state index contributed by atoms with van der Waals surface area (Å²) < 4.78 is 5.45. The van der Waals surface area contributed by atoms with E-state index in [1.165, 1.54) is 11.1 Å². The smallest absolute Gasteiger partial charge is 0.213 e. The van der Waals surface area contributed by atoms with E-state index in [-0.39, 0.29) is 6.79 Å². The number of benzene rings is 2. The van der Waals surface area contributed by atoms with Crippen molar-refractivity contribution in [2.24, 2.45) is 0 Å². The van der Waals surface area contributed by atoms with Gasteiger partial charge in [0.25, 0.3) is 0 Å². The number of hydrogen-bond acceptors (Lipinski definition) is 3. The highest BCUT2D eigenvalue weighted by atomic mass is 16.8. The molecule has 94 valence electrons. The lowest BCUT2D eigenvalue weighted by Crippen LogP contribution is -2.08. The maximum Gasteiger partial charge on any atom is 0.213 e. The summed E-state index contributed by atoms with van der Waals surface area (Å²) in [6.45, 7) is 4.23. The van der Waals surface area contributed by atoms with Gasteiger partial charge in [-0.25, -0.2) is 4.84 Å². The Balaban J connectivity index is 1.76. The zero-order valence-corrected chi connectivity index (χ0v) is 10.6. The second kappa shape index (κ2) is 6.07. The van der Waals surface area contributed by atoms with Crippen LogP contribution in [0.4, 0.5) is 5.69 Å². The van der Waals surface area contributed by atoms with Crippen LogP contribution < -0.4 is 10.2 Å². The maximum absolute atomic E-state index is 5.45. The molecule has 2 aromatic carbocycles. The summed E-state index contributed by atoms with van der Waals surface area (Å²) in [7, 11) is 0. The Morgan fingerprint density at radius 2 is 1.67 bits per heavy atom. The van der Waals surface area contributed by atoms with Crippen molar-refractivity contribution in [2.75, 3.05) is 12.3 Å². The number of ether oxygens (including phenoxy) is 1. The molecule has 2 rings (SSSR count). The van der Waals surface area contributed by atoms with Gasteiger partial charge in [-0.3, -0.25) is 5.48 Å². The fraction of sp³-hybridized carbons (Fsp3) is 0.200. The van der Waals surface area contributed by atoms with Crippen LogP contribution >= 0.6 is 0 Å². The first-order chi connectivity index (χ1) is 8.74. The fourth-order valence-corrected chi connectivity index (χ4v) is 1.62. The molecule has 0 amide bonds. The summed E-state index contributed by atoms with van der Waals surface area (Å²) in [5, 5.41) is 0. The third-order valence-electron chi connectivity index (χ3n) is 2.48. The van der Waals surface area contributed by atoms with Gasteiger partial charge in [-0.2, -0.15) is 0 Å². The van der Waals surface area contributed by atoms with E-state index in [1.807, 2.05) is 62.4 Å². The van der Waals surface area contributed by atoms with Crippen molar-refractivity contribution < 1.29 is 9.57 Å². The molecule has 0 spiro atoms. The quantitative estimate of drug-likeness (QED) is 0.493. The highest BCUT2D eigenvalue weighted by Gasteiger charge is 1.95. The maximum atomic E-state index is 5.45. The van der Waals surface area contributed by atoms with Gasteiger partial charge >= 0.3 is 0 Å². The van der Waals surface area contributed by atoms with Crippen molar-refractivity contribution in [1.29, 1.82) is 0 Å². The predicted molar refractivity (Wildman–Crippen MR) is 72.6 cm³/mol. The van der Waals surface area contributed by atoms with E-state index < -0.39 is 0 Å². The highest BCUT2D eigenvalue weighted by molar-refractivity contribution is 5.43. The van der Waals surface area contributed by atoms with Gasteiger partial charge in [0.2, 0.25) is 6.79 Å². The van der Waals surface area contributed by atoms with Crippen LogP contribution in [0.1, 0.15) is 11.1 Å². The lowest BCUT2D eigenvalue weighted by atomic mass is 10.2. The van der Waals surface area contributed by atoms with E-state index in [1.54, 1.807) is 0 Å². The van der Waals surface area contributed by atoms with Crippen molar-refractivity contribution in [3.63, 3.8) is 0 Å². The fourth-order valence-electron chi connectivity index (χ4n) is 1.62. The molecule has 0 aliphatic carbocycles. The highest BCUT2D eigenvalue weighted by Crippen LogP contribution is 2.13. The van der Waals surface area contributed by atoms with Gasteiger partial charge in [0.1, 0.15) is 5.75 Å². The Morgan fingerprint density at radius 1 is 0.944 bits per heavy atom. The van der Waals surface area contributed by atoms with Gasteiger partial charge in [0, 0.05) is 0 Å². The molecule has 0 saturated heterocycles. The Bertz CT molecular complexity index is 464. The molecule has 3 heteroatoms. The molecule has 0 heterocycles. The lowest BCUT2D eigenvalue weighted by molar-refractivity contribution is 0.0492. The van der Waals surface area contributed by atoms with Gasteiger partial charge in [-0.05, 0) is 49.2 Å². The third kappa shape index (κ3) is 3.79. The molecule has 2 aromatic rings. The molecule has 0 saturated carbocycles. The van der Waals surface area contributed by atoms with Crippen LogP contribution in [-0.4, -0.2) is 6.79 Å². The number of nitrogens with one attached hydrogen (secondary N) is 1. The Kier molecular flexibility index (Phi) is 4.20. The minimum atomic E-state index is 0.164. The molecule has 0 aromatic heterocycles. The van der Waals surface area contributed by atoms with Crippen molar-refractivity contribution in [2.45, 2.75) is 13.8 Å². The normalized spacial score (nSPS) is 10.1. The molecule has 0 fully saturated rings. The average molecular weight is 243 g/mol. The second-order valence-corrected chi connectivity index (χ2v) is 4.19. The van der Waals surface area contributed by atoms with Crippen molar-refractivity contribution in [3.05, 3.63) is 59.7 Å². The summed E-state index contributed by atoms with van der Waals surface area (Å²) in [5.41, 5.74) is 6.11. The number of aryl methyl sites for hydroxylation is 2. The largest absolute Gasteiger partial charge is 0.465 e. The Morgan fingerprint density at radius 3 is 2.39 bits per heavy atom. The number of hydrogen-bond donors (Lipinski definition) is 1. The van der Waals surface area contributed by atoms with E-state index in [0.717, 1.165) is 11.4 Å². The Labute approximate surface area is 107 Å². The molecule has 18 heavy (non-hydrogen) atoms. The zero-order valence-electron chi connectivity index (χ0n) is 10.6. The first kappa shape index (κ1) is 12.5. The molecule has 0 bridgehead atoms. The van der Waals surface area contributed by atoms with Crippen molar-refractivity contribution >= 4 is 5.69 Å². The number of anilines is 1. The summed E-state index contributed by atoms with van der Waals surface area (Å²) in [5.74, 6) is 0.807. The van der Waals surface area contributed by atoms with Gasteiger partial charge in [0.05, 0.1) is 5.69 Å². The minimum absolute atomic E-state index is 0.164. The first-order valence-electron chi connectivity index (χ1n) is 5.88. The van der Waals surface area contributed by atoms with Crippen LogP contribution in [0.5, 0.6) is 5.75 Å². The SMILES string of the molecule is Cc1cccc(NOCOc2cccc(C)c2)c1. The second-order valence-electron chi connectivity index (χ2n) is 4.19. The third-order valence-corrected chi connectivity index (χ3v) is 2.48. The average Bonchev–Trinajstić information content (AvgIpc) is 2.35. The minimum Gasteiger partial charge on any atom is -0.465 e. The van der Waals surface area contributed by atoms with Crippen LogP contribution in [0.25, 0.3) is 0 Å². The van der Waals surface area contributed by atoms with Crippen LogP contribution in [0.3, 0.4) is 0 Å². The molecule has 0 radical (unpaired) electrons. The van der Waals surface area contributed by atoms with Crippen LogP contribution in [0, 0.1) is 13.8 Å². The van der Waals surface area contributed by atoms with Gasteiger partial charge in [-0.1, -0.05) is 24.3 Å². The summed E-state index contributed by atoms with van der Waals surface area (Å²) in [6.07, 6.45) is 0. The first-order valence-corrected chi connectivity index (χ1v) is 5.88. The zero-order chi connectivity index (χ0) is 12.8. The van der Waals surface area contributed by atoms with E-state index in [2.05, 4.69) is 5.48 Å². The van der Waals surface area contributed by atoms with Crippen molar-refractivity contribution in [3.8, 4) is 5.75 Å². The summed E-state index contributed by atoms with van der Waals surface area (Å²) in [6, 6.07) is 15.8. The molecule has 1 N–H and O–H groups in total. The topological polar surface area (TPSA) is 30.5 Å². The van der Waals surface area contributed by atoms with E-state index in [9.17, 15) is 0 Å². The van der Waals surface area contributed by atoms with Crippen LogP contribution in [0.2, 0.25) is 0 Å². The molecule has 0 atom stereocenters. The van der Waals surface area contributed by atoms with E-state index in [4.69, 9.17) is 9.57 Å². The van der Waals surface area contributed by atoms with Crippen LogP contribution in [-0.2, 0) is 4.84 Å². The van der Waals surface area contributed by atoms with Crippen LogP contribution in [0.15, 0.2) is 48.5 Å². The monoisotopic (exact) mass is 243 g/mol. The Hall–Kier alpha value is -2.00. The van der Waals surface area contributed by atoms with Gasteiger partial charge in [-0.15, -0.1) is 0 Å². The summed E-state index contributed by atoms with van der Waals surface area (Å²) in [4.78, 5) is 5.25. The van der Waals surface area contributed by atoms with Crippen molar-refractivity contribution in [1.82, 2.24) is 0 Å². The lowest BCUT2D eigenvalue weighted by Gasteiger charge is -2.09. The van der Waals surface area contributed by atoms with E-state index >= 15 is 0 Å². The molecule has 0 aliphatic rings. The standard InChI is InChI=1S/C15H17NO2/c1-12-5-3-7-14(9-12)16-18-11-17-15-8-4-6-13(2)10-15/h3-10,16H,11H2,1-2H3.